The number of nitrogen functional groups attached to an aromatic ring is 1. The predicted molar refractivity (Wildman–Crippen MR) is 75.6 cm³/mol. The van der Waals surface area contributed by atoms with Crippen LogP contribution >= 0.6 is 15.9 Å². The van der Waals surface area contributed by atoms with Crippen molar-refractivity contribution in [2.24, 2.45) is 5.73 Å². The number of carbonyl (C=O) groups is 1. The lowest BCUT2D eigenvalue weighted by Crippen LogP contribution is -2.14. The third-order valence-corrected chi connectivity index (χ3v) is 3.24. The molecule has 0 unspecified atom stereocenters. The van der Waals surface area contributed by atoms with Crippen molar-refractivity contribution in [2.75, 3.05) is 5.73 Å². The Morgan fingerprint density at radius 3 is 2.68 bits per heavy atom. The lowest BCUT2D eigenvalue weighted by atomic mass is 10.2. The van der Waals surface area contributed by atoms with E-state index >= 15 is 0 Å². The van der Waals surface area contributed by atoms with Crippen molar-refractivity contribution in [1.29, 1.82) is 0 Å². The molecule has 1 amide bonds. The Labute approximate surface area is 118 Å². The summed E-state index contributed by atoms with van der Waals surface area (Å²) in [5, 5.41) is 0. The van der Waals surface area contributed by atoms with E-state index in [1.807, 2.05) is 24.3 Å². The summed E-state index contributed by atoms with van der Waals surface area (Å²) in [6.45, 7) is 0.292. The fourth-order valence-electron chi connectivity index (χ4n) is 1.47. The van der Waals surface area contributed by atoms with Crippen LogP contribution in [0, 0.1) is 0 Å². The Hall–Kier alpha value is -2.08. The molecular formula is C13H12BrN3O2. The largest absolute Gasteiger partial charge is 0.471 e. The summed E-state index contributed by atoms with van der Waals surface area (Å²) in [5.41, 5.74) is 12.3. The Morgan fingerprint density at radius 1 is 1.26 bits per heavy atom. The molecule has 0 aliphatic carbocycles. The summed E-state index contributed by atoms with van der Waals surface area (Å²) in [7, 11) is 0. The van der Waals surface area contributed by atoms with Gasteiger partial charge < -0.3 is 16.2 Å². The first kappa shape index (κ1) is 13.4. The number of anilines is 1. The predicted octanol–water partition coefficient (Wildman–Crippen LogP) is 2.10. The van der Waals surface area contributed by atoms with Crippen LogP contribution in [0.1, 0.15) is 16.1 Å². The molecule has 1 aromatic carbocycles. The smallest absolute Gasteiger partial charge is 0.267 e. The number of amides is 1. The standard InChI is InChI=1S/C13H12BrN3O2/c14-9-4-2-1-3-8(9)7-19-13-10(15)5-6-11(17-13)12(16)18/h1-6H,7,15H2,(H2,16,18). The molecule has 0 saturated carbocycles. The van der Waals surface area contributed by atoms with Gasteiger partial charge in [-0.25, -0.2) is 4.98 Å². The van der Waals surface area contributed by atoms with Crippen LogP contribution in [-0.2, 0) is 6.61 Å². The van der Waals surface area contributed by atoms with E-state index in [2.05, 4.69) is 20.9 Å². The van der Waals surface area contributed by atoms with Gasteiger partial charge in [0.15, 0.2) is 0 Å². The van der Waals surface area contributed by atoms with Crippen LogP contribution in [0.4, 0.5) is 5.69 Å². The second-order valence-electron chi connectivity index (χ2n) is 3.84. The van der Waals surface area contributed by atoms with Gasteiger partial charge in [0.05, 0.1) is 5.69 Å². The lowest BCUT2D eigenvalue weighted by Gasteiger charge is -2.09. The van der Waals surface area contributed by atoms with Crippen LogP contribution < -0.4 is 16.2 Å². The van der Waals surface area contributed by atoms with Crippen LogP contribution in [0.3, 0.4) is 0 Å². The van der Waals surface area contributed by atoms with Crippen LogP contribution in [0.2, 0.25) is 0 Å². The summed E-state index contributed by atoms with van der Waals surface area (Å²) in [4.78, 5) is 15.0. The van der Waals surface area contributed by atoms with Gasteiger partial charge in [-0.2, -0.15) is 0 Å². The van der Waals surface area contributed by atoms with Gasteiger partial charge >= 0.3 is 0 Å². The number of nitrogens with zero attached hydrogens (tertiary/aromatic N) is 1. The number of carbonyl (C=O) groups excluding carboxylic acids is 1. The van der Waals surface area contributed by atoms with Crippen molar-refractivity contribution in [3.63, 3.8) is 0 Å². The highest BCUT2D eigenvalue weighted by atomic mass is 79.9. The molecule has 0 spiro atoms. The van der Waals surface area contributed by atoms with Crippen molar-refractivity contribution in [1.82, 2.24) is 4.98 Å². The fourth-order valence-corrected chi connectivity index (χ4v) is 1.86. The fraction of sp³-hybridized carbons (Fsp3) is 0.0769. The summed E-state index contributed by atoms with van der Waals surface area (Å²) in [5.74, 6) is -0.419. The zero-order valence-corrected chi connectivity index (χ0v) is 11.6. The molecule has 0 aliphatic heterocycles. The normalized spacial score (nSPS) is 10.2. The maximum Gasteiger partial charge on any atom is 0.267 e. The Balaban J connectivity index is 2.17. The molecule has 19 heavy (non-hydrogen) atoms. The quantitative estimate of drug-likeness (QED) is 0.902. The minimum absolute atomic E-state index is 0.122. The van der Waals surface area contributed by atoms with E-state index in [4.69, 9.17) is 16.2 Å². The van der Waals surface area contributed by atoms with Crippen LogP contribution in [-0.4, -0.2) is 10.9 Å². The first-order valence-electron chi connectivity index (χ1n) is 5.50. The van der Waals surface area contributed by atoms with Crippen LogP contribution in [0.5, 0.6) is 5.88 Å². The summed E-state index contributed by atoms with van der Waals surface area (Å²) in [6.07, 6.45) is 0. The van der Waals surface area contributed by atoms with E-state index in [1.54, 1.807) is 6.07 Å². The maximum absolute atomic E-state index is 11.0. The number of nitrogens with two attached hydrogens (primary N) is 2. The molecule has 2 rings (SSSR count). The van der Waals surface area contributed by atoms with Gasteiger partial charge in [0.25, 0.3) is 5.91 Å². The Bertz CT molecular complexity index is 617. The van der Waals surface area contributed by atoms with Gasteiger partial charge in [-0.3, -0.25) is 4.79 Å². The van der Waals surface area contributed by atoms with Gasteiger partial charge in [-0.05, 0) is 18.2 Å². The van der Waals surface area contributed by atoms with Gasteiger partial charge in [0, 0.05) is 10.0 Å². The molecule has 5 nitrogen and oxygen atoms in total. The molecule has 1 aromatic heterocycles. The first-order chi connectivity index (χ1) is 9.08. The molecule has 0 radical (unpaired) electrons. The second kappa shape index (κ2) is 5.71. The Morgan fingerprint density at radius 2 is 2.00 bits per heavy atom. The van der Waals surface area contributed by atoms with E-state index in [1.165, 1.54) is 6.07 Å². The highest BCUT2D eigenvalue weighted by Crippen LogP contribution is 2.22. The average molecular weight is 322 g/mol. The highest BCUT2D eigenvalue weighted by molar-refractivity contribution is 9.10. The average Bonchev–Trinajstić information content (AvgIpc) is 2.39. The van der Waals surface area contributed by atoms with Crippen molar-refractivity contribution in [3.8, 4) is 5.88 Å². The third-order valence-electron chi connectivity index (χ3n) is 2.46. The molecule has 0 fully saturated rings. The van der Waals surface area contributed by atoms with Crippen molar-refractivity contribution in [2.45, 2.75) is 6.61 Å². The van der Waals surface area contributed by atoms with Crippen LogP contribution in [0.15, 0.2) is 40.9 Å². The van der Waals surface area contributed by atoms with E-state index < -0.39 is 5.91 Å². The zero-order chi connectivity index (χ0) is 13.8. The topological polar surface area (TPSA) is 91.2 Å². The maximum atomic E-state index is 11.0. The molecule has 0 atom stereocenters. The van der Waals surface area contributed by atoms with Crippen molar-refractivity contribution in [3.05, 3.63) is 52.1 Å². The van der Waals surface area contributed by atoms with E-state index in [9.17, 15) is 4.79 Å². The number of benzene rings is 1. The molecule has 98 valence electrons. The van der Waals surface area contributed by atoms with Gasteiger partial charge in [0.2, 0.25) is 5.88 Å². The number of hydrogen-bond donors (Lipinski definition) is 2. The number of halogens is 1. The zero-order valence-electron chi connectivity index (χ0n) is 9.97. The Kier molecular flexibility index (Phi) is 4.01. The van der Waals surface area contributed by atoms with E-state index in [-0.39, 0.29) is 11.6 Å². The first-order valence-corrected chi connectivity index (χ1v) is 6.30. The second-order valence-corrected chi connectivity index (χ2v) is 4.69. The summed E-state index contributed by atoms with van der Waals surface area (Å²) >= 11 is 3.42. The molecular weight excluding hydrogens is 310 g/mol. The van der Waals surface area contributed by atoms with Gasteiger partial charge in [-0.1, -0.05) is 34.1 Å². The summed E-state index contributed by atoms with van der Waals surface area (Å²) in [6, 6.07) is 10.6. The van der Waals surface area contributed by atoms with Crippen LogP contribution in [0.25, 0.3) is 0 Å². The minimum Gasteiger partial charge on any atom is -0.471 e. The number of hydrogen-bond acceptors (Lipinski definition) is 4. The number of rotatable bonds is 4. The van der Waals surface area contributed by atoms with E-state index in [0.29, 0.717) is 12.3 Å². The number of aromatic nitrogens is 1. The van der Waals surface area contributed by atoms with E-state index in [0.717, 1.165) is 10.0 Å². The molecule has 6 heteroatoms. The van der Waals surface area contributed by atoms with Crippen molar-refractivity contribution >= 4 is 27.5 Å². The van der Waals surface area contributed by atoms with Gasteiger partial charge in [0.1, 0.15) is 12.3 Å². The SMILES string of the molecule is NC(=O)c1ccc(N)c(OCc2ccccc2Br)n1. The molecule has 0 bridgehead atoms. The number of ether oxygens (including phenoxy) is 1. The van der Waals surface area contributed by atoms with Gasteiger partial charge in [-0.15, -0.1) is 0 Å². The molecule has 4 N–H and O–H groups in total. The summed E-state index contributed by atoms with van der Waals surface area (Å²) < 4.78 is 6.45. The van der Waals surface area contributed by atoms with Crippen molar-refractivity contribution < 1.29 is 9.53 Å². The highest BCUT2D eigenvalue weighted by Gasteiger charge is 2.09. The molecule has 0 aliphatic rings. The minimum atomic E-state index is -0.620. The third kappa shape index (κ3) is 3.23. The number of primary amides is 1. The number of pyridine rings is 1. The molecule has 2 aromatic rings. The lowest BCUT2D eigenvalue weighted by molar-refractivity contribution is 0.0994. The monoisotopic (exact) mass is 321 g/mol. The molecule has 0 saturated heterocycles. The molecule has 1 heterocycles.